The molecular formula is C15H16BrN3O. The fourth-order valence-corrected chi connectivity index (χ4v) is 2.32. The number of nitrogens with two attached hydrogens (primary N) is 1. The number of aromatic nitrogens is 1. The molecule has 2 rings (SSSR count). The molecule has 1 aromatic carbocycles. The van der Waals surface area contributed by atoms with Crippen LogP contribution in [0.1, 0.15) is 21.6 Å². The second-order valence-corrected chi connectivity index (χ2v) is 5.45. The highest BCUT2D eigenvalue weighted by Gasteiger charge is 2.16. The van der Waals surface area contributed by atoms with Gasteiger partial charge in [0.15, 0.2) is 0 Å². The summed E-state index contributed by atoms with van der Waals surface area (Å²) in [6.07, 6.45) is 1.61. The number of nitrogens with zero attached hydrogens (tertiary/aromatic N) is 2. The number of aryl methyl sites for hydroxylation is 1. The summed E-state index contributed by atoms with van der Waals surface area (Å²) >= 11 is 3.43. The van der Waals surface area contributed by atoms with E-state index in [9.17, 15) is 4.79 Å². The lowest BCUT2D eigenvalue weighted by Gasteiger charge is -2.20. The Morgan fingerprint density at radius 1 is 1.35 bits per heavy atom. The summed E-state index contributed by atoms with van der Waals surface area (Å²) in [5.74, 6) is -0.0803. The van der Waals surface area contributed by atoms with E-state index >= 15 is 0 Å². The van der Waals surface area contributed by atoms with Gasteiger partial charge in [-0.05, 0) is 36.8 Å². The molecule has 0 aliphatic heterocycles. The van der Waals surface area contributed by atoms with Crippen LogP contribution in [0.4, 0.5) is 5.69 Å². The quantitative estimate of drug-likeness (QED) is 0.939. The number of anilines is 1. The highest BCUT2D eigenvalue weighted by atomic mass is 79.9. The van der Waals surface area contributed by atoms with Crippen LogP contribution in [-0.2, 0) is 6.54 Å². The average molecular weight is 334 g/mol. The van der Waals surface area contributed by atoms with E-state index in [2.05, 4.69) is 20.9 Å². The molecule has 5 heteroatoms. The zero-order chi connectivity index (χ0) is 14.7. The van der Waals surface area contributed by atoms with Crippen LogP contribution in [-0.4, -0.2) is 17.9 Å². The number of amides is 1. The summed E-state index contributed by atoms with van der Waals surface area (Å²) in [4.78, 5) is 18.3. The maximum Gasteiger partial charge on any atom is 0.258 e. The Balaban J connectivity index is 2.34. The summed E-state index contributed by atoms with van der Waals surface area (Å²) in [6.45, 7) is 2.30. The minimum Gasteiger partial charge on any atom is -0.325 e. The van der Waals surface area contributed by atoms with Gasteiger partial charge in [0.2, 0.25) is 0 Å². The molecule has 0 spiro atoms. The molecule has 2 N–H and O–H groups in total. The highest BCUT2D eigenvalue weighted by molar-refractivity contribution is 9.10. The van der Waals surface area contributed by atoms with Crippen LogP contribution in [0.15, 0.2) is 41.0 Å². The summed E-state index contributed by atoms with van der Waals surface area (Å²) < 4.78 is 0.940. The fourth-order valence-electron chi connectivity index (χ4n) is 1.97. The van der Waals surface area contributed by atoms with Gasteiger partial charge in [-0.15, -0.1) is 0 Å². The van der Waals surface area contributed by atoms with Crippen molar-refractivity contribution in [1.82, 2.24) is 4.98 Å². The van der Waals surface area contributed by atoms with E-state index in [1.165, 1.54) is 0 Å². The number of rotatable bonds is 3. The van der Waals surface area contributed by atoms with Gasteiger partial charge in [-0.2, -0.15) is 0 Å². The SMILES string of the molecule is Cc1ccc(Br)cc1N(C)C(=O)c1ccnc(CN)c1. The third kappa shape index (κ3) is 3.05. The summed E-state index contributed by atoms with van der Waals surface area (Å²) in [6, 6.07) is 9.28. The normalized spacial score (nSPS) is 10.4. The smallest absolute Gasteiger partial charge is 0.258 e. The third-order valence-electron chi connectivity index (χ3n) is 3.11. The van der Waals surface area contributed by atoms with Crippen LogP contribution in [0.25, 0.3) is 0 Å². The molecule has 2 aromatic rings. The second-order valence-electron chi connectivity index (χ2n) is 4.53. The number of hydrogen-bond acceptors (Lipinski definition) is 3. The first-order chi connectivity index (χ1) is 9.52. The molecule has 0 saturated carbocycles. The van der Waals surface area contributed by atoms with Crippen molar-refractivity contribution in [3.05, 3.63) is 57.8 Å². The van der Waals surface area contributed by atoms with Gasteiger partial charge in [-0.25, -0.2) is 0 Å². The van der Waals surface area contributed by atoms with Gasteiger partial charge in [0.25, 0.3) is 5.91 Å². The topological polar surface area (TPSA) is 59.2 Å². The molecule has 0 aliphatic rings. The van der Waals surface area contributed by atoms with Crippen molar-refractivity contribution < 1.29 is 4.79 Å². The van der Waals surface area contributed by atoms with Gasteiger partial charge in [-0.3, -0.25) is 9.78 Å². The van der Waals surface area contributed by atoms with Crippen LogP contribution >= 0.6 is 15.9 Å². The van der Waals surface area contributed by atoms with Crippen molar-refractivity contribution in [3.8, 4) is 0 Å². The molecule has 104 valence electrons. The van der Waals surface area contributed by atoms with Gasteiger partial charge in [0, 0.05) is 35.5 Å². The van der Waals surface area contributed by atoms with Crippen LogP contribution < -0.4 is 10.6 Å². The van der Waals surface area contributed by atoms with Crippen LogP contribution in [0.3, 0.4) is 0 Å². The Kier molecular flexibility index (Phi) is 4.52. The zero-order valence-corrected chi connectivity index (χ0v) is 13.0. The van der Waals surface area contributed by atoms with Crippen molar-refractivity contribution >= 4 is 27.5 Å². The Labute approximate surface area is 126 Å². The van der Waals surface area contributed by atoms with E-state index in [4.69, 9.17) is 5.73 Å². The highest BCUT2D eigenvalue weighted by Crippen LogP contribution is 2.25. The zero-order valence-electron chi connectivity index (χ0n) is 11.4. The molecule has 4 nitrogen and oxygen atoms in total. The number of halogens is 1. The second kappa shape index (κ2) is 6.15. The van der Waals surface area contributed by atoms with Gasteiger partial charge in [0.05, 0.1) is 5.69 Å². The largest absolute Gasteiger partial charge is 0.325 e. The molecule has 0 aliphatic carbocycles. The maximum absolute atomic E-state index is 12.5. The molecular weight excluding hydrogens is 318 g/mol. The van der Waals surface area contributed by atoms with Crippen molar-refractivity contribution in [2.24, 2.45) is 5.73 Å². The molecule has 0 fully saturated rings. The third-order valence-corrected chi connectivity index (χ3v) is 3.60. The van der Waals surface area contributed by atoms with Crippen molar-refractivity contribution in [3.63, 3.8) is 0 Å². The number of carbonyl (C=O) groups is 1. The fraction of sp³-hybridized carbons (Fsp3) is 0.200. The summed E-state index contributed by atoms with van der Waals surface area (Å²) in [5.41, 5.74) is 8.76. The number of pyridine rings is 1. The van der Waals surface area contributed by atoms with Gasteiger partial charge in [-0.1, -0.05) is 22.0 Å². The Hall–Kier alpha value is -1.72. The predicted molar refractivity (Wildman–Crippen MR) is 83.7 cm³/mol. The van der Waals surface area contributed by atoms with Gasteiger partial charge in [0.1, 0.15) is 0 Å². The predicted octanol–water partition coefficient (Wildman–Crippen LogP) is 2.89. The maximum atomic E-state index is 12.5. The van der Waals surface area contributed by atoms with Crippen LogP contribution in [0.2, 0.25) is 0 Å². The van der Waals surface area contributed by atoms with E-state index < -0.39 is 0 Å². The van der Waals surface area contributed by atoms with E-state index in [1.807, 2.05) is 25.1 Å². The number of benzene rings is 1. The van der Waals surface area contributed by atoms with Crippen LogP contribution in [0, 0.1) is 6.92 Å². The van der Waals surface area contributed by atoms with Crippen molar-refractivity contribution in [1.29, 1.82) is 0 Å². The van der Waals surface area contributed by atoms with E-state index in [-0.39, 0.29) is 5.91 Å². The first-order valence-electron chi connectivity index (χ1n) is 6.22. The lowest BCUT2D eigenvalue weighted by Crippen LogP contribution is -2.27. The molecule has 1 aromatic heterocycles. The molecule has 0 radical (unpaired) electrons. The van der Waals surface area contributed by atoms with Crippen molar-refractivity contribution in [2.75, 3.05) is 11.9 Å². The summed E-state index contributed by atoms with van der Waals surface area (Å²) in [7, 11) is 1.76. The Morgan fingerprint density at radius 3 is 2.80 bits per heavy atom. The molecule has 0 atom stereocenters. The molecule has 0 bridgehead atoms. The van der Waals surface area contributed by atoms with Crippen LogP contribution in [0.5, 0.6) is 0 Å². The van der Waals surface area contributed by atoms with Gasteiger partial charge < -0.3 is 10.6 Å². The average Bonchev–Trinajstić information content (AvgIpc) is 2.48. The molecule has 0 unspecified atom stereocenters. The van der Waals surface area contributed by atoms with Crippen molar-refractivity contribution in [2.45, 2.75) is 13.5 Å². The monoisotopic (exact) mass is 333 g/mol. The molecule has 0 saturated heterocycles. The molecule has 20 heavy (non-hydrogen) atoms. The van der Waals surface area contributed by atoms with E-state index in [1.54, 1.807) is 30.3 Å². The standard InChI is InChI=1S/C15H16BrN3O/c1-10-3-4-12(16)8-14(10)19(2)15(20)11-5-6-18-13(7-11)9-17/h3-8H,9,17H2,1-2H3. The molecule has 1 heterocycles. The molecule has 1 amide bonds. The Bertz CT molecular complexity index is 643. The minimum atomic E-state index is -0.0803. The Morgan fingerprint density at radius 2 is 2.10 bits per heavy atom. The summed E-state index contributed by atoms with van der Waals surface area (Å²) in [5, 5.41) is 0. The minimum absolute atomic E-state index is 0.0803. The van der Waals surface area contributed by atoms with E-state index in [0.717, 1.165) is 15.7 Å². The lowest BCUT2D eigenvalue weighted by atomic mass is 10.1. The number of carbonyl (C=O) groups excluding carboxylic acids is 1. The van der Waals surface area contributed by atoms with E-state index in [0.29, 0.717) is 17.8 Å². The lowest BCUT2D eigenvalue weighted by molar-refractivity contribution is 0.0992. The van der Waals surface area contributed by atoms with Gasteiger partial charge >= 0.3 is 0 Å². The number of hydrogen-bond donors (Lipinski definition) is 1. The first-order valence-corrected chi connectivity index (χ1v) is 7.01. The first kappa shape index (κ1) is 14.7.